The number of aliphatic hydroxyl groups is 1. The summed E-state index contributed by atoms with van der Waals surface area (Å²) in [6, 6.07) is 11.9. The molecule has 27 heavy (non-hydrogen) atoms. The monoisotopic (exact) mass is 362 g/mol. The molecular weight excluding hydrogens is 336 g/mol. The number of rotatable bonds is 6. The van der Waals surface area contributed by atoms with E-state index in [1.54, 1.807) is 12.4 Å². The highest BCUT2D eigenvalue weighted by molar-refractivity contribution is 5.90. The van der Waals surface area contributed by atoms with Crippen LogP contribution in [0.5, 0.6) is 0 Å². The number of nitrogens with one attached hydrogen (secondary N) is 1. The maximum atomic E-state index is 10.1. The van der Waals surface area contributed by atoms with Crippen molar-refractivity contribution in [3.05, 3.63) is 48.8 Å². The van der Waals surface area contributed by atoms with Crippen molar-refractivity contribution in [2.45, 2.75) is 44.6 Å². The van der Waals surface area contributed by atoms with Crippen LogP contribution in [0.15, 0.2) is 48.8 Å². The molecule has 0 amide bonds. The SMILES string of the molecule is OC1CCCCC1CCCNc1nc(-c2ccncc2)nc2ccccc12. The molecule has 2 atom stereocenters. The van der Waals surface area contributed by atoms with Crippen LogP contribution in [-0.2, 0) is 0 Å². The number of hydrogen-bond donors (Lipinski definition) is 2. The zero-order chi connectivity index (χ0) is 18.5. The normalized spacial score (nSPS) is 19.9. The third-order valence-corrected chi connectivity index (χ3v) is 5.45. The van der Waals surface area contributed by atoms with Gasteiger partial charge < -0.3 is 10.4 Å². The molecule has 1 aromatic carbocycles. The van der Waals surface area contributed by atoms with Gasteiger partial charge in [-0.15, -0.1) is 0 Å². The van der Waals surface area contributed by atoms with Crippen molar-refractivity contribution in [3.63, 3.8) is 0 Å². The van der Waals surface area contributed by atoms with Gasteiger partial charge >= 0.3 is 0 Å². The molecule has 0 radical (unpaired) electrons. The Morgan fingerprint density at radius 3 is 2.67 bits per heavy atom. The van der Waals surface area contributed by atoms with Crippen LogP contribution in [0, 0.1) is 5.92 Å². The van der Waals surface area contributed by atoms with Gasteiger partial charge in [0.05, 0.1) is 11.6 Å². The second-order valence-corrected chi connectivity index (χ2v) is 7.33. The zero-order valence-corrected chi connectivity index (χ0v) is 15.5. The fourth-order valence-corrected chi connectivity index (χ4v) is 3.94. The quantitative estimate of drug-likeness (QED) is 0.635. The maximum absolute atomic E-state index is 10.1. The van der Waals surface area contributed by atoms with E-state index < -0.39 is 0 Å². The highest BCUT2D eigenvalue weighted by atomic mass is 16.3. The van der Waals surface area contributed by atoms with Gasteiger partial charge in [0.15, 0.2) is 5.82 Å². The second-order valence-electron chi connectivity index (χ2n) is 7.33. The first-order valence-electron chi connectivity index (χ1n) is 9.90. The Balaban J connectivity index is 1.48. The summed E-state index contributed by atoms with van der Waals surface area (Å²) in [6.45, 7) is 0.847. The molecule has 2 aromatic heterocycles. The topological polar surface area (TPSA) is 70.9 Å². The summed E-state index contributed by atoms with van der Waals surface area (Å²) in [5.74, 6) is 2.04. The van der Waals surface area contributed by atoms with Gasteiger partial charge in [0, 0.05) is 29.9 Å². The number of aromatic nitrogens is 3. The molecule has 4 rings (SSSR count). The van der Waals surface area contributed by atoms with Crippen molar-refractivity contribution in [1.82, 2.24) is 15.0 Å². The predicted octanol–water partition coefficient (Wildman–Crippen LogP) is 4.44. The van der Waals surface area contributed by atoms with E-state index in [-0.39, 0.29) is 6.10 Å². The molecule has 1 fully saturated rings. The molecule has 0 saturated heterocycles. The molecule has 3 aromatic rings. The van der Waals surface area contributed by atoms with E-state index in [9.17, 15) is 5.11 Å². The van der Waals surface area contributed by atoms with Crippen molar-refractivity contribution in [3.8, 4) is 11.4 Å². The minimum atomic E-state index is -0.114. The maximum Gasteiger partial charge on any atom is 0.162 e. The third-order valence-electron chi connectivity index (χ3n) is 5.45. The van der Waals surface area contributed by atoms with Crippen molar-refractivity contribution >= 4 is 16.7 Å². The van der Waals surface area contributed by atoms with E-state index in [2.05, 4.69) is 16.4 Å². The number of fused-ring (bicyclic) bond motifs is 1. The molecule has 1 aliphatic carbocycles. The lowest BCUT2D eigenvalue weighted by atomic mass is 9.83. The van der Waals surface area contributed by atoms with Gasteiger partial charge in [-0.3, -0.25) is 4.98 Å². The summed E-state index contributed by atoms with van der Waals surface area (Å²) >= 11 is 0. The zero-order valence-electron chi connectivity index (χ0n) is 15.5. The first-order valence-corrected chi connectivity index (χ1v) is 9.90. The van der Waals surface area contributed by atoms with E-state index >= 15 is 0 Å². The average molecular weight is 362 g/mol. The highest BCUT2D eigenvalue weighted by Crippen LogP contribution is 2.28. The standard InChI is InChI=1S/C22H26N4O/c27-20-10-4-1-6-16(20)7-5-13-24-22-18-8-2-3-9-19(18)25-21(26-22)17-11-14-23-15-12-17/h2-3,8-9,11-12,14-16,20,27H,1,4-7,10,13H2,(H,24,25,26). The van der Waals surface area contributed by atoms with E-state index in [1.165, 1.54) is 12.8 Å². The van der Waals surface area contributed by atoms with E-state index in [1.807, 2.05) is 30.3 Å². The first-order chi connectivity index (χ1) is 13.3. The number of aliphatic hydroxyl groups excluding tert-OH is 1. The molecular formula is C22H26N4O. The Kier molecular flexibility index (Phi) is 5.58. The molecule has 0 bridgehead atoms. The average Bonchev–Trinajstić information content (AvgIpc) is 2.73. The van der Waals surface area contributed by atoms with Gasteiger partial charge in [0.2, 0.25) is 0 Å². The lowest BCUT2D eigenvalue weighted by Crippen LogP contribution is -2.24. The largest absolute Gasteiger partial charge is 0.393 e. The fourth-order valence-electron chi connectivity index (χ4n) is 3.94. The lowest BCUT2D eigenvalue weighted by Gasteiger charge is -2.27. The number of para-hydroxylation sites is 1. The van der Waals surface area contributed by atoms with Gasteiger partial charge in [0.1, 0.15) is 5.82 Å². The van der Waals surface area contributed by atoms with Gasteiger partial charge in [-0.05, 0) is 55.9 Å². The minimum Gasteiger partial charge on any atom is -0.393 e. The number of anilines is 1. The molecule has 2 N–H and O–H groups in total. The van der Waals surface area contributed by atoms with Crippen LogP contribution >= 0.6 is 0 Å². The molecule has 0 spiro atoms. The van der Waals surface area contributed by atoms with E-state index in [0.717, 1.165) is 54.5 Å². The minimum absolute atomic E-state index is 0.114. The van der Waals surface area contributed by atoms with Crippen LogP contribution in [0.2, 0.25) is 0 Å². The summed E-state index contributed by atoms with van der Waals surface area (Å²) in [5, 5.41) is 14.7. The van der Waals surface area contributed by atoms with Gasteiger partial charge in [-0.2, -0.15) is 0 Å². The number of benzene rings is 1. The van der Waals surface area contributed by atoms with Crippen molar-refractivity contribution in [2.24, 2.45) is 5.92 Å². The Morgan fingerprint density at radius 2 is 1.81 bits per heavy atom. The Bertz CT molecular complexity index is 884. The molecule has 0 aliphatic heterocycles. The second kappa shape index (κ2) is 8.44. The van der Waals surface area contributed by atoms with Crippen LogP contribution in [-0.4, -0.2) is 32.7 Å². The van der Waals surface area contributed by atoms with Crippen LogP contribution in [0.4, 0.5) is 5.82 Å². The number of nitrogens with zero attached hydrogens (tertiary/aromatic N) is 3. The van der Waals surface area contributed by atoms with E-state index in [4.69, 9.17) is 9.97 Å². The van der Waals surface area contributed by atoms with Crippen LogP contribution < -0.4 is 5.32 Å². The summed E-state index contributed by atoms with van der Waals surface area (Å²) < 4.78 is 0. The predicted molar refractivity (Wildman–Crippen MR) is 108 cm³/mol. The highest BCUT2D eigenvalue weighted by Gasteiger charge is 2.22. The van der Waals surface area contributed by atoms with Gasteiger partial charge in [-0.25, -0.2) is 9.97 Å². The number of hydrogen-bond acceptors (Lipinski definition) is 5. The Hall–Kier alpha value is -2.53. The van der Waals surface area contributed by atoms with Crippen molar-refractivity contribution in [2.75, 3.05) is 11.9 Å². The lowest BCUT2D eigenvalue weighted by molar-refractivity contribution is 0.0648. The first kappa shape index (κ1) is 17.9. The molecule has 2 unspecified atom stereocenters. The van der Waals surface area contributed by atoms with Gasteiger partial charge in [-0.1, -0.05) is 25.0 Å². The van der Waals surface area contributed by atoms with Crippen LogP contribution in [0.3, 0.4) is 0 Å². The molecule has 5 heteroatoms. The summed E-state index contributed by atoms with van der Waals surface area (Å²) in [6.07, 6.45) is 10.0. The molecule has 5 nitrogen and oxygen atoms in total. The number of pyridine rings is 1. The van der Waals surface area contributed by atoms with Crippen molar-refractivity contribution in [1.29, 1.82) is 0 Å². The Morgan fingerprint density at radius 1 is 1.00 bits per heavy atom. The molecule has 1 saturated carbocycles. The third kappa shape index (κ3) is 4.25. The molecule has 1 aliphatic rings. The van der Waals surface area contributed by atoms with Crippen LogP contribution in [0.1, 0.15) is 38.5 Å². The van der Waals surface area contributed by atoms with Crippen LogP contribution in [0.25, 0.3) is 22.3 Å². The molecule has 140 valence electrons. The molecule has 2 heterocycles. The van der Waals surface area contributed by atoms with E-state index in [0.29, 0.717) is 11.7 Å². The summed E-state index contributed by atoms with van der Waals surface area (Å²) in [5.41, 5.74) is 1.90. The Labute approximate surface area is 159 Å². The summed E-state index contributed by atoms with van der Waals surface area (Å²) in [4.78, 5) is 13.6. The van der Waals surface area contributed by atoms with Gasteiger partial charge in [0.25, 0.3) is 0 Å². The summed E-state index contributed by atoms with van der Waals surface area (Å²) in [7, 11) is 0. The smallest absolute Gasteiger partial charge is 0.162 e. The fraction of sp³-hybridized carbons (Fsp3) is 0.409. The van der Waals surface area contributed by atoms with Crippen molar-refractivity contribution < 1.29 is 5.11 Å².